The lowest BCUT2D eigenvalue weighted by atomic mass is 10.1. The van der Waals surface area contributed by atoms with Crippen LogP contribution in [0.3, 0.4) is 0 Å². The predicted molar refractivity (Wildman–Crippen MR) is 107 cm³/mol. The van der Waals surface area contributed by atoms with Gasteiger partial charge in [-0.25, -0.2) is 9.67 Å². The van der Waals surface area contributed by atoms with E-state index < -0.39 is 0 Å². The van der Waals surface area contributed by atoms with E-state index in [9.17, 15) is 0 Å². The Labute approximate surface area is 164 Å². The van der Waals surface area contributed by atoms with Crippen LogP contribution in [0.15, 0.2) is 29.3 Å². The summed E-state index contributed by atoms with van der Waals surface area (Å²) in [6, 6.07) is 9.77. The highest BCUT2D eigenvalue weighted by Crippen LogP contribution is 2.22. The summed E-state index contributed by atoms with van der Waals surface area (Å²) in [6.45, 7) is 3.48. The zero-order valence-corrected chi connectivity index (χ0v) is 16.7. The second-order valence-electron chi connectivity index (χ2n) is 5.81. The molecule has 0 saturated carbocycles. The van der Waals surface area contributed by atoms with Crippen LogP contribution in [-0.2, 0) is 13.1 Å². The molecule has 1 unspecified atom stereocenters. The van der Waals surface area contributed by atoms with Gasteiger partial charge in [-0.15, -0.1) is 24.0 Å². The minimum atomic E-state index is 0. The van der Waals surface area contributed by atoms with E-state index in [1.165, 1.54) is 0 Å². The molecule has 8 heteroatoms. The molecule has 0 radical (unpaired) electrons. The van der Waals surface area contributed by atoms with Crippen molar-refractivity contribution in [2.75, 3.05) is 7.05 Å². The molecule has 0 aliphatic carbocycles. The maximum absolute atomic E-state index is 8.84. The number of nitrogens with one attached hydrogen (secondary N) is 2. The Morgan fingerprint density at radius 3 is 2.84 bits per heavy atom. The molecule has 0 fully saturated rings. The summed E-state index contributed by atoms with van der Waals surface area (Å²) in [5, 5.41) is 20.0. The molecule has 25 heavy (non-hydrogen) atoms. The van der Waals surface area contributed by atoms with Gasteiger partial charge < -0.3 is 10.6 Å². The third-order valence-corrected chi connectivity index (χ3v) is 4.06. The van der Waals surface area contributed by atoms with E-state index in [4.69, 9.17) is 5.26 Å². The molecule has 132 valence electrons. The van der Waals surface area contributed by atoms with Crippen LogP contribution in [0.25, 0.3) is 0 Å². The second-order valence-corrected chi connectivity index (χ2v) is 5.81. The van der Waals surface area contributed by atoms with E-state index in [1.807, 2.05) is 35.9 Å². The number of fused-ring (bicyclic) bond motifs is 1. The van der Waals surface area contributed by atoms with Gasteiger partial charge in [0.1, 0.15) is 11.6 Å². The van der Waals surface area contributed by atoms with Gasteiger partial charge in [0.15, 0.2) is 5.96 Å². The van der Waals surface area contributed by atoms with Crippen molar-refractivity contribution in [1.82, 2.24) is 25.4 Å². The van der Waals surface area contributed by atoms with Crippen LogP contribution >= 0.6 is 24.0 Å². The molecule has 0 amide bonds. The van der Waals surface area contributed by atoms with Crippen molar-refractivity contribution in [3.63, 3.8) is 0 Å². The summed E-state index contributed by atoms with van der Waals surface area (Å²) < 4.78 is 1.98. The van der Waals surface area contributed by atoms with Gasteiger partial charge in [-0.2, -0.15) is 10.4 Å². The van der Waals surface area contributed by atoms with Crippen LogP contribution in [0.2, 0.25) is 0 Å². The second kappa shape index (κ2) is 8.80. The molecule has 0 saturated heterocycles. The third-order valence-electron chi connectivity index (χ3n) is 4.06. The minimum Gasteiger partial charge on any atom is -0.352 e. The molecule has 1 aliphatic heterocycles. The van der Waals surface area contributed by atoms with Crippen LogP contribution in [0, 0.1) is 18.3 Å². The number of hydrogen-bond acceptors (Lipinski definition) is 4. The number of nitrogens with zero attached hydrogens (tertiary/aromatic N) is 5. The summed E-state index contributed by atoms with van der Waals surface area (Å²) in [7, 11) is 1.76. The zero-order valence-electron chi connectivity index (χ0n) is 14.4. The molecule has 1 aliphatic rings. The smallest absolute Gasteiger partial charge is 0.191 e. The number of benzene rings is 1. The van der Waals surface area contributed by atoms with E-state index in [1.54, 1.807) is 7.05 Å². The lowest BCUT2D eigenvalue weighted by Crippen LogP contribution is -2.41. The van der Waals surface area contributed by atoms with Gasteiger partial charge in [0.2, 0.25) is 0 Å². The normalized spacial score (nSPS) is 16.4. The van der Waals surface area contributed by atoms with Gasteiger partial charge in [0.05, 0.1) is 17.7 Å². The van der Waals surface area contributed by atoms with Crippen LogP contribution in [0.4, 0.5) is 0 Å². The number of nitriles is 1. The average Bonchev–Trinajstić information content (AvgIpc) is 3.00. The monoisotopic (exact) mass is 451 g/mol. The van der Waals surface area contributed by atoms with Crippen LogP contribution in [0.5, 0.6) is 0 Å². The summed E-state index contributed by atoms with van der Waals surface area (Å²) in [4.78, 5) is 8.83. The van der Waals surface area contributed by atoms with Crippen molar-refractivity contribution in [3.05, 3.63) is 47.0 Å². The number of aliphatic imine (C=N–C) groups is 1. The lowest BCUT2D eigenvalue weighted by Gasteiger charge is -2.25. The summed E-state index contributed by atoms with van der Waals surface area (Å²) in [5.74, 6) is 2.51. The molecule has 7 nitrogen and oxygen atoms in total. The van der Waals surface area contributed by atoms with Crippen molar-refractivity contribution in [1.29, 1.82) is 5.26 Å². The fraction of sp³-hybridized carbons (Fsp3) is 0.412. The van der Waals surface area contributed by atoms with Gasteiger partial charge in [0.25, 0.3) is 0 Å². The average molecular weight is 451 g/mol. The molecular formula is C17H22IN7. The summed E-state index contributed by atoms with van der Waals surface area (Å²) in [5.41, 5.74) is 1.76. The number of aromatic nitrogens is 3. The molecule has 1 atom stereocenters. The van der Waals surface area contributed by atoms with E-state index in [0.717, 1.165) is 42.6 Å². The Morgan fingerprint density at radius 1 is 1.40 bits per heavy atom. The Hall–Kier alpha value is -2.15. The van der Waals surface area contributed by atoms with Gasteiger partial charge in [-0.3, -0.25) is 4.99 Å². The molecule has 2 aromatic rings. The molecule has 2 N–H and O–H groups in total. The number of hydrogen-bond donors (Lipinski definition) is 2. The summed E-state index contributed by atoms with van der Waals surface area (Å²) >= 11 is 0. The number of aryl methyl sites for hydroxylation is 2. The number of halogens is 1. The van der Waals surface area contributed by atoms with E-state index in [0.29, 0.717) is 12.1 Å². The van der Waals surface area contributed by atoms with E-state index in [-0.39, 0.29) is 30.0 Å². The van der Waals surface area contributed by atoms with Crippen molar-refractivity contribution in [2.24, 2.45) is 4.99 Å². The van der Waals surface area contributed by atoms with Crippen molar-refractivity contribution < 1.29 is 0 Å². The Morgan fingerprint density at radius 2 is 2.16 bits per heavy atom. The first-order valence-corrected chi connectivity index (χ1v) is 8.07. The maximum atomic E-state index is 8.84. The van der Waals surface area contributed by atoms with Gasteiger partial charge in [-0.05, 0) is 37.5 Å². The SMILES string of the molecule is CN=C(NCc1ccc(C#N)cc1)NC1CCCn2nc(C)nc21.I. The minimum absolute atomic E-state index is 0. The predicted octanol–water partition coefficient (Wildman–Crippen LogP) is 2.28. The maximum Gasteiger partial charge on any atom is 0.191 e. The standard InChI is InChI=1S/C17H21N7.HI/c1-12-21-16-15(4-3-9-24(16)23-12)22-17(19-2)20-11-14-7-5-13(10-18)6-8-14;/h5-8,15H,3-4,9,11H2,1-2H3,(H2,19,20,22);1H. The van der Waals surface area contributed by atoms with Crippen LogP contribution < -0.4 is 10.6 Å². The molecular weight excluding hydrogens is 429 g/mol. The van der Waals surface area contributed by atoms with Gasteiger partial charge >= 0.3 is 0 Å². The number of guanidine groups is 1. The lowest BCUT2D eigenvalue weighted by molar-refractivity contribution is 0.397. The first-order chi connectivity index (χ1) is 11.7. The first-order valence-electron chi connectivity index (χ1n) is 8.07. The fourth-order valence-corrected chi connectivity index (χ4v) is 2.85. The zero-order chi connectivity index (χ0) is 16.9. The highest BCUT2D eigenvalue weighted by atomic mass is 127. The quantitative estimate of drug-likeness (QED) is 0.425. The van der Waals surface area contributed by atoms with Gasteiger partial charge in [-0.1, -0.05) is 12.1 Å². The highest BCUT2D eigenvalue weighted by Gasteiger charge is 2.24. The Balaban J connectivity index is 0.00000225. The molecule has 1 aromatic carbocycles. The molecule has 0 spiro atoms. The largest absolute Gasteiger partial charge is 0.352 e. The van der Waals surface area contributed by atoms with Crippen LogP contribution in [-0.4, -0.2) is 27.8 Å². The first kappa shape index (κ1) is 19.2. The third kappa shape index (κ3) is 4.69. The van der Waals surface area contributed by atoms with E-state index >= 15 is 0 Å². The molecule has 0 bridgehead atoms. The van der Waals surface area contributed by atoms with Crippen molar-refractivity contribution in [3.8, 4) is 6.07 Å². The van der Waals surface area contributed by atoms with E-state index in [2.05, 4.69) is 31.8 Å². The topological polar surface area (TPSA) is 90.9 Å². The molecule has 1 aromatic heterocycles. The summed E-state index contributed by atoms with van der Waals surface area (Å²) in [6.07, 6.45) is 2.08. The number of rotatable bonds is 3. The van der Waals surface area contributed by atoms with Crippen molar-refractivity contribution in [2.45, 2.75) is 38.9 Å². The van der Waals surface area contributed by atoms with Crippen LogP contribution in [0.1, 0.15) is 41.7 Å². The van der Waals surface area contributed by atoms with Crippen molar-refractivity contribution >= 4 is 29.9 Å². The Kier molecular flexibility index (Phi) is 6.75. The fourth-order valence-electron chi connectivity index (χ4n) is 2.85. The molecule has 2 heterocycles. The van der Waals surface area contributed by atoms with Gasteiger partial charge in [0, 0.05) is 20.1 Å². The molecule has 3 rings (SSSR count). The Bertz CT molecular complexity index is 773. The highest BCUT2D eigenvalue weighted by molar-refractivity contribution is 14.0.